The Hall–Kier alpha value is -3.27. The van der Waals surface area contributed by atoms with Crippen molar-refractivity contribution in [3.63, 3.8) is 0 Å². The molecule has 0 bridgehead atoms. The summed E-state index contributed by atoms with van der Waals surface area (Å²) in [4.78, 5) is 39.2. The molecule has 0 unspecified atom stereocenters. The maximum absolute atomic E-state index is 12.9. The Bertz CT molecular complexity index is 1390. The van der Waals surface area contributed by atoms with Gasteiger partial charge < -0.3 is 14.2 Å². The molecule has 2 amide bonds. The van der Waals surface area contributed by atoms with Crippen molar-refractivity contribution in [1.82, 2.24) is 4.90 Å². The Morgan fingerprint density at radius 3 is 2.57 bits per heavy atom. The van der Waals surface area contributed by atoms with E-state index in [0.29, 0.717) is 39.0 Å². The summed E-state index contributed by atoms with van der Waals surface area (Å²) < 4.78 is 16.8. The van der Waals surface area contributed by atoms with Crippen LogP contribution >= 0.6 is 39.3 Å². The first kappa shape index (κ1) is 23.5. The third-order valence-corrected chi connectivity index (χ3v) is 6.94. The Balaban J connectivity index is 1.27. The second-order valence-electron chi connectivity index (χ2n) is 7.53. The highest BCUT2D eigenvalue weighted by molar-refractivity contribution is 9.10. The molecule has 7 nitrogen and oxygen atoms in total. The van der Waals surface area contributed by atoms with Crippen LogP contribution in [0.3, 0.4) is 0 Å². The minimum Gasteiger partial charge on any atom is -0.454 e. The number of benzene rings is 3. The predicted octanol–water partition coefficient (Wildman–Crippen LogP) is 6.29. The molecule has 35 heavy (non-hydrogen) atoms. The number of hydrogen-bond donors (Lipinski definition) is 0. The Morgan fingerprint density at radius 1 is 1.09 bits per heavy atom. The van der Waals surface area contributed by atoms with Crippen molar-refractivity contribution in [2.75, 3.05) is 6.79 Å². The Labute approximate surface area is 217 Å². The smallest absolute Gasteiger partial charge is 0.343 e. The summed E-state index contributed by atoms with van der Waals surface area (Å²) in [6.45, 7) is 0.115. The van der Waals surface area contributed by atoms with Gasteiger partial charge in [0.15, 0.2) is 11.5 Å². The zero-order chi connectivity index (χ0) is 24.5. The van der Waals surface area contributed by atoms with Gasteiger partial charge in [-0.15, -0.1) is 0 Å². The van der Waals surface area contributed by atoms with Gasteiger partial charge in [-0.3, -0.25) is 14.5 Å². The number of halogens is 2. The Kier molecular flexibility index (Phi) is 6.55. The number of nitrogens with zero attached hydrogens (tertiary/aromatic N) is 1. The highest BCUT2D eigenvalue weighted by Gasteiger charge is 2.35. The molecule has 10 heteroatoms. The summed E-state index contributed by atoms with van der Waals surface area (Å²) in [6.07, 6.45) is 1.62. The van der Waals surface area contributed by atoms with E-state index in [-0.39, 0.29) is 18.2 Å². The normalized spacial score (nSPS) is 15.7. The molecule has 2 heterocycles. The first-order valence-electron chi connectivity index (χ1n) is 10.3. The minimum absolute atomic E-state index is 0.0158. The number of thioether (sulfide) groups is 1. The average Bonchev–Trinajstić information content (AvgIpc) is 3.39. The second-order valence-corrected chi connectivity index (χ2v) is 9.85. The zero-order valence-corrected chi connectivity index (χ0v) is 21.0. The highest BCUT2D eigenvalue weighted by atomic mass is 79.9. The standard InChI is InChI=1S/C25H15BrClNO6S/c26-17-3-1-2-15(9-17)24(30)34-18-6-4-14(5-7-18)8-22-23(29)28(25(31)35-22)12-16-10-20-21(11-19(16)27)33-13-32-20/h1-11H,12-13H2/b22-8-. The lowest BCUT2D eigenvalue weighted by molar-refractivity contribution is -0.123. The van der Waals surface area contributed by atoms with Crippen LogP contribution in [0.25, 0.3) is 6.08 Å². The SMILES string of the molecule is O=C(Oc1ccc(/C=C2\SC(=O)N(Cc3cc4c(cc3Cl)OCO4)C2=O)cc1)c1cccc(Br)c1. The van der Waals surface area contributed by atoms with Crippen molar-refractivity contribution in [2.24, 2.45) is 0 Å². The topological polar surface area (TPSA) is 82.1 Å². The van der Waals surface area contributed by atoms with Crippen molar-refractivity contribution >= 4 is 62.5 Å². The molecule has 2 aliphatic heterocycles. The van der Waals surface area contributed by atoms with E-state index in [2.05, 4.69) is 15.9 Å². The molecule has 0 spiro atoms. The van der Waals surface area contributed by atoms with Gasteiger partial charge in [-0.25, -0.2) is 4.79 Å². The zero-order valence-electron chi connectivity index (χ0n) is 17.8. The molecule has 5 rings (SSSR count). The number of imide groups is 1. The molecule has 3 aromatic carbocycles. The van der Waals surface area contributed by atoms with Crippen LogP contribution < -0.4 is 14.2 Å². The fourth-order valence-corrected chi connectivity index (χ4v) is 4.90. The summed E-state index contributed by atoms with van der Waals surface area (Å²) in [7, 11) is 0. The van der Waals surface area contributed by atoms with Crippen LogP contribution in [0.4, 0.5) is 4.79 Å². The van der Waals surface area contributed by atoms with Crippen LogP contribution in [0.2, 0.25) is 5.02 Å². The lowest BCUT2D eigenvalue weighted by Gasteiger charge is -2.14. The van der Waals surface area contributed by atoms with Gasteiger partial charge in [0.2, 0.25) is 6.79 Å². The number of rotatable bonds is 5. The number of hydrogen-bond acceptors (Lipinski definition) is 7. The van der Waals surface area contributed by atoms with Crippen LogP contribution in [0.15, 0.2) is 70.0 Å². The first-order chi connectivity index (χ1) is 16.9. The molecule has 0 radical (unpaired) electrons. The summed E-state index contributed by atoms with van der Waals surface area (Å²) in [5.41, 5.74) is 1.68. The fourth-order valence-electron chi connectivity index (χ4n) is 3.45. The number of amides is 2. The molecule has 0 saturated carbocycles. The van der Waals surface area contributed by atoms with Crippen molar-refractivity contribution in [3.8, 4) is 17.2 Å². The molecule has 1 fully saturated rings. The molecule has 176 valence electrons. The molecule has 0 N–H and O–H groups in total. The summed E-state index contributed by atoms with van der Waals surface area (Å²) in [6, 6.07) is 16.8. The van der Waals surface area contributed by atoms with E-state index in [0.717, 1.165) is 21.1 Å². The summed E-state index contributed by atoms with van der Waals surface area (Å²) >= 11 is 10.5. The molecule has 0 aromatic heterocycles. The molecular formula is C25H15BrClNO6S. The number of esters is 1. The van der Waals surface area contributed by atoms with Gasteiger partial charge in [-0.2, -0.15) is 0 Å². The van der Waals surface area contributed by atoms with Crippen LogP contribution in [0.1, 0.15) is 21.5 Å². The van der Waals surface area contributed by atoms with Crippen LogP contribution in [-0.4, -0.2) is 28.8 Å². The van der Waals surface area contributed by atoms with E-state index in [1.54, 1.807) is 60.7 Å². The van der Waals surface area contributed by atoms with Crippen molar-refractivity contribution in [1.29, 1.82) is 0 Å². The largest absolute Gasteiger partial charge is 0.454 e. The van der Waals surface area contributed by atoms with Crippen molar-refractivity contribution in [2.45, 2.75) is 6.54 Å². The summed E-state index contributed by atoms with van der Waals surface area (Å²) in [5, 5.41) is -0.0140. The second kappa shape index (κ2) is 9.77. The molecule has 0 aliphatic carbocycles. The highest BCUT2D eigenvalue weighted by Crippen LogP contribution is 2.39. The predicted molar refractivity (Wildman–Crippen MR) is 135 cm³/mol. The fraction of sp³-hybridized carbons (Fsp3) is 0.0800. The van der Waals surface area contributed by atoms with Gasteiger partial charge >= 0.3 is 5.97 Å². The lowest BCUT2D eigenvalue weighted by Crippen LogP contribution is -2.27. The first-order valence-corrected chi connectivity index (χ1v) is 12.3. The minimum atomic E-state index is -0.484. The van der Waals surface area contributed by atoms with Crippen LogP contribution in [0, 0.1) is 0 Å². The number of carbonyl (C=O) groups excluding carboxylic acids is 3. The van der Waals surface area contributed by atoms with Gasteiger partial charge in [0.1, 0.15) is 5.75 Å². The van der Waals surface area contributed by atoms with Gasteiger partial charge in [0.25, 0.3) is 11.1 Å². The van der Waals surface area contributed by atoms with Gasteiger partial charge in [-0.1, -0.05) is 45.7 Å². The lowest BCUT2D eigenvalue weighted by atomic mass is 10.1. The number of fused-ring (bicyclic) bond motifs is 1. The molecule has 0 atom stereocenters. The third kappa shape index (κ3) is 5.07. The van der Waals surface area contributed by atoms with Crippen LogP contribution in [-0.2, 0) is 11.3 Å². The van der Waals surface area contributed by atoms with E-state index in [1.807, 2.05) is 6.07 Å². The van der Waals surface area contributed by atoms with E-state index in [9.17, 15) is 14.4 Å². The third-order valence-electron chi connectivity index (χ3n) is 5.19. The van der Waals surface area contributed by atoms with Crippen molar-refractivity contribution < 1.29 is 28.6 Å². The number of ether oxygens (including phenoxy) is 3. The van der Waals surface area contributed by atoms with Gasteiger partial charge in [-0.05, 0) is 65.4 Å². The van der Waals surface area contributed by atoms with Gasteiger partial charge in [0, 0.05) is 15.6 Å². The quantitative estimate of drug-likeness (QED) is 0.202. The maximum atomic E-state index is 12.9. The maximum Gasteiger partial charge on any atom is 0.343 e. The summed E-state index contributed by atoms with van der Waals surface area (Å²) in [5.74, 6) is 0.505. The van der Waals surface area contributed by atoms with E-state index >= 15 is 0 Å². The average molecular weight is 573 g/mol. The van der Waals surface area contributed by atoms with E-state index in [1.165, 1.54) is 0 Å². The molecular weight excluding hydrogens is 558 g/mol. The van der Waals surface area contributed by atoms with Crippen LogP contribution in [0.5, 0.6) is 17.2 Å². The molecule has 1 saturated heterocycles. The van der Waals surface area contributed by atoms with Gasteiger partial charge in [0.05, 0.1) is 17.0 Å². The Morgan fingerprint density at radius 2 is 1.83 bits per heavy atom. The molecule has 3 aromatic rings. The number of carbonyl (C=O) groups is 3. The van der Waals surface area contributed by atoms with E-state index in [4.69, 9.17) is 25.8 Å². The molecule has 2 aliphatic rings. The van der Waals surface area contributed by atoms with Crippen molar-refractivity contribution in [3.05, 3.63) is 91.8 Å². The monoisotopic (exact) mass is 571 g/mol. The van der Waals surface area contributed by atoms with E-state index < -0.39 is 17.1 Å².